The number of aromatic nitrogens is 1. The summed E-state index contributed by atoms with van der Waals surface area (Å²) in [5.74, 6) is -0.793. The van der Waals surface area contributed by atoms with Crippen molar-refractivity contribution in [2.75, 3.05) is 6.54 Å². The van der Waals surface area contributed by atoms with Crippen molar-refractivity contribution >= 4 is 17.5 Å². The Labute approximate surface area is 128 Å². The standard InChI is InChI=1S/C16H16N4O2/c1-12(13-7-3-2-4-8-13)19-20-15(21)11-18-16(22)14-9-5-6-10-17-14/h2-10,19H,1,11H2,(H,18,22)(H,20,21). The van der Waals surface area contributed by atoms with E-state index in [9.17, 15) is 9.59 Å². The van der Waals surface area contributed by atoms with Gasteiger partial charge < -0.3 is 5.32 Å². The Morgan fingerprint density at radius 3 is 2.41 bits per heavy atom. The van der Waals surface area contributed by atoms with Gasteiger partial charge in [-0.2, -0.15) is 0 Å². The van der Waals surface area contributed by atoms with E-state index in [4.69, 9.17) is 0 Å². The van der Waals surface area contributed by atoms with Crippen LogP contribution in [-0.4, -0.2) is 23.3 Å². The first-order valence-corrected chi connectivity index (χ1v) is 6.65. The van der Waals surface area contributed by atoms with Gasteiger partial charge in [-0.25, -0.2) is 0 Å². The molecular weight excluding hydrogens is 280 g/mol. The molecule has 1 heterocycles. The van der Waals surface area contributed by atoms with Crippen LogP contribution in [0.5, 0.6) is 0 Å². The summed E-state index contributed by atoms with van der Waals surface area (Å²) in [7, 11) is 0. The molecule has 2 rings (SSSR count). The van der Waals surface area contributed by atoms with Gasteiger partial charge in [0, 0.05) is 6.20 Å². The minimum absolute atomic E-state index is 0.162. The van der Waals surface area contributed by atoms with Crippen LogP contribution >= 0.6 is 0 Å². The first-order valence-electron chi connectivity index (χ1n) is 6.65. The predicted octanol–water partition coefficient (Wildman–Crippen LogP) is 1.10. The van der Waals surface area contributed by atoms with Crippen molar-refractivity contribution < 1.29 is 9.59 Å². The largest absolute Gasteiger partial charge is 0.342 e. The fourth-order valence-corrected chi connectivity index (χ4v) is 1.65. The molecule has 22 heavy (non-hydrogen) atoms. The monoisotopic (exact) mass is 296 g/mol. The van der Waals surface area contributed by atoms with Crippen molar-refractivity contribution in [3.8, 4) is 0 Å². The lowest BCUT2D eigenvalue weighted by Crippen LogP contribution is -2.43. The van der Waals surface area contributed by atoms with Crippen LogP contribution in [0.4, 0.5) is 0 Å². The molecule has 0 atom stereocenters. The van der Waals surface area contributed by atoms with Gasteiger partial charge in [-0.3, -0.25) is 25.4 Å². The molecule has 0 aliphatic heterocycles. The summed E-state index contributed by atoms with van der Waals surface area (Å²) in [5.41, 5.74) is 6.85. The highest BCUT2D eigenvalue weighted by atomic mass is 16.2. The smallest absolute Gasteiger partial charge is 0.270 e. The number of carbonyl (C=O) groups is 2. The maximum atomic E-state index is 11.7. The molecule has 0 aliphatic rings. The van der Waals surface area contributed by atoms with Gasteiger partial charge in [0.2, 0.25) is 0 Å². The van der Waals surface area contributed by atoms with Crippen molar-refractivity contribution in [1.82, 2.24) is 21.2 Å². The van der Waals surface area contributed by atoms with Gasteiger partial charge in [0.1, 0.15) is 5.69 Å². The van der Waals surface area contributed by atoms with E-state index in [1.165, 1.54) is 6.20 Å². The SMILES string of the molecule is C=C(NNC(=O)CNC(=O)c1ccccn1)c1ccccc1. The second kappa shape index (κ2) is 7.58. The zero-order valence-electron chi connectivity index (χ0n) is 11.9. The van der Waals surface area contributed by atoms with Crippen LogP contribution in [0, 0.1) is 0 Å². The van der Waals surface area contributed by atoms with Gasteiger partial charge in [-0.1, -0.05) is 43.0 Å². The van der Waals surface area contributed by atoms with E-state index in [-0.39, 0.29) is 18.1 Å². The molecule has 0 saturated carbocycles. The molecule has 3 N–H and O–H groups in total. The Balaban J connectivity index is 1.74. The Morgan fingerprint density at radius 1 is 1.00 bits per heavy atom. The first kappa shape index (κ1) is 15.2. The molecule has 6 heteroatoms. The van der Waals surface area contributed by atoms with Crippen molar-refractivity contribution in [2.24, 2.45) is 0 Å². The molecule has 2 aromatic rings. The maximum absolute atomic E-state index is 11.7. The number of pyridine rings is 1. The number of hydrogen-bond acceptors (Lipinski definition) is 4. The normalized spacial score (nSPS) is 9.64. The lowest BCUT2D eigenvalue weighted by Gasteiger charge is -2.11. The first-order chi connectivity index (χ1) is 10.7. The van der Waals surface area contributed by atoms with E-state index in [0.29, 0.717) is 5.70 Å². The van der Waals surface area contributed by atoms with Crippen molar-refractivity contribution in [3.63, 3.8) is 0 Å². The number of rotatable bonds is 6. The summed E-state index contributed by atoms with van der Waals surface area (Å²) in [5, 5.41) is 2.48. The highest BCUT2D eigenvalue weighted by Gasteiger charge is 2.08. The van der Waals surface area contributed by atoms with Crippen LogP contribution in [0.25, 0.3) is 5.70 Å². The number of benzene rings is 1. The highest BCUT2D eigenvalue weighted by Crippen LogP contribution is 2.06. The maximum Gasteiger partial charge on any atom is 0.270 e. The fourth-order valence-electron chi connectivity index (χ4n) is 1.65. The molecule has 0 unspecified atom stereocenters. The van der Waals surface area contributed by atoms with Gasteiger partial charge in [-0.05, 0) is 17.7 Å². The average Bonchev–Trinajstić information content (AvgIpc) is 2.59. The van der Waals surface area contributed by atoms with Crippen LogP contribution in [0.3, 0.4) is 0 Å². The number of nitrogens with zero attached hydrogens (tertiary/aromatic N) is 1. The molecule has 0 saturated heterocycles. The third kappa shape index (κ3) is 4.45. The number of carbonyl (C=O) groups excluding carboxylic acids is 2. The average molecular weight is 296 g/mol. The summed E-state index contributed by atoms with van der Waals surface area (Å²) >= 11 is 0. The van der Waals surface area contributed by atoms with E-state index >= 15 is 0 Å². The molecular formula is C16H16N4O2. The third-order valence-electron chi connectivity index (χ3n) is 2.78. The van der Waals surface area contributed by atoms with Crippen molar-refractivity contribution in [2.45, 2.75) is 0 Å². The molecule has 1 aromatic carbocycles. The number of nitrogens with one attached hydrogen (secondary N) is 3. The van der Waals surface area contributed by atoms with Crippen molar-refractivity contribution in [1.29, 1.82) is 0 Å². The minimum Gasteiger partial charge on any atom is -0.342 e. The molecule has 0 bridgehead atoms. The zero-order valence-corrected chi connectivity index (χ0v) is 11.9. The Bertz CT molecular complexity index is 599. The van der Waals surface area contributed by atoms with Crippen LogP contribution in [-0.2, 0) is 4.79 Å². The predicted molar refractivity (Wildman–Crippen MR) is 83.3 cm³/mol. The summed E-state index contributed by atoms with van der Waals surface area (Å²) in [6, 6.07) is 14.4. The highest BCUT2D eigenvalue weighted by molar-refractivity contribution is 5.94. The summed E-state index contributed by atoms with van der Waals surface area (Å²) in [4.78, 5) is 27.3. The fraction of sp³-hybridized carbons (Fsp3) is 0.0625. The molecule has 0 aliphatic carbocycles. The number of hydrogen-bond donors (Lipinski definition) is 3. The van der Waals surface area contributed by atoms with Crippen LogP contribution < -0.4 is 16.2 Å². The molecule has 6 nitrogen and oxygen atoms in total. The van der Waals surface area contributed by atoms with E-state index in [1.54, 1.807) is 18.2 Å². The van der Waals surface area contributed by atoms with Gasteiger partial charge >= 0.3 is 0 Å². The molecule has 0 spiro atoms. The molecule has 0 radical (unpaired) electrons. The number of hydrazine groups is 1. The van der Waals surface area contributed by atoms with E-state index in [0.717, 1.165) is 5.56 Å². The summed E-state index contributed by atoms with van der Waals surface area (Å²) in [6.07, 6.45) is 1.51. The second-order valence-corrected chi connectivity index (χ2v) is 4.42. The lowest BCUT2D eigenvalue weighted by molar-refractivity contribution is -0.120. The topological polar surface area (TPSA) is 83.1 Å². The third-order valence-corrected chi connectivity index (χ3v) is 2.78. The minimum atomic E-state index is -0.405. The quantitative estimate of drug-likeness (QED) is 0.697. The van der Waals surface area contributed by atoms with E-state index in [1.807, 2.05) is 30.3 Å². The van der Waals surface area contributed by atoms with Crippen LogP contribution in [0.15, 0.2) is 61.3 Å². The molecule has 0 fully saturated rings. The van der Waals surface area contributed by atoms with Gasteiger partial charge in [0.05, 0.1) is 12.2 Å². The summed E-state index contributed by atoms with van der Waals surface area (Å²) < 4.78 is 0. The molecule has 112 valence electrons. The second-order valence-electron chi connectivity index (χ2n) is 4.42. The van der Waals surface area contributed by atoms with E-state index < -0.39 is 5.91 Å². The Morgan fingerprint density at radius 2 is 1.73 bits per heavy atom. The Kier molecular flexibility index (Phi) is 5.25. The summed E-state index contributed by atoms with van der Waals surface area (Å²) in [6.45, 7) is 3.65. The molecule has 2 amide bonds. The van der Waals surface area contributed by atoms with Crippen LogP contribution in [0.1, 0.15) is 16.1 Å². The lowest BCUT2D eigenvalue weighted by atomic mass is 10.2. The van der Waals surface area contributed by atoms with Gasteiger partial charge in [0.15, 0.2) is 0 Å². The number of amides is 2. The molecule has 1 aromatic heterocycles. The Hall–Kier alpha value is -3.15. The van der Waals surface area contributed by atoms with Gasteiger partial charge in [0.25, 0.3) is 11.8 Å². The van der Waals surface area contributed by atoms with Crippen LogP contribution in [0.2, 0.25) is 0 Å². The van der Waals surface area contributed by atoms with Crippen molar-refractivity contribution in [3.05, 3.63) is 72.6 Å². The van der Waals surface area contributed by atoms with Gasteiger partial charge in [-0.15, -0.1) is 0 Å². The van der Waals surface area contributed by atoms with E-state index in [2.05, 4.69) is 27.7 Å². The zero-order chi connectivity index (χ0) is 15.8.